The van der Waals surface area contributed by atoms with Gasteiger partial charge in [0.05, 0.1) is 0 Å². The number of nitrogens with zero attached hydrogens (tertiary/aromatic N) is 2. The molecule has 0 aliphatic heterocycles. The van der Waals surface area contributed by atoms with E-state index in [1.165, 1.54) is 5.56 Å². The summed E-state index contributed by atoms with van der Waals surface area (Å²) in [7, 11) is 1.67. The van der Waals surface area contributed by atoms with Gasteiger partial charge in [0.15, 0.2) is 5.82 Å². The van der Waals surface area contributed by atoms with Crippen LogP contribution in [0.1, 0.15) is 43.5 Å². The van der Waals surface area contributed by atoms with Crippen molar-refractivity contribution in [3.05, 3.63) is 22.8 Å². The fraction of sp³-hybridized carbons (Fsp3) is 0.733. The van der Waals surface area contributed by atoms with E-state index in [2.05, 4.69) is 49.9 Å². The molecule has 19 heavy (non-hydrogen) atoms. The molecule has 4 heteroatoms. The van der Waals surface area contributed by atoms with Crippen molar-refractivity contribution < 1.29 is 4.74 Å². The Bertz CT molecular complexity index is 381. The average Bonchev–Trinajstić information content (AvgIpc) is 2.31. The molecule has 1 rings (SSSR count). The first-order chi connectivity index (χ1) is 8.93. The molecule has 0 radical (unpaired) electrons. The van der Waals surface area contributed by atoms with Crippen molar-refractivity contribution in [1.82, 2.24) is 15.3 Å². The lowest BCUT2D eigenvalue weighted by molar-refractivity contribution is 0.177. The molecule has 0 fully saturated rings. The first-order valence-electron chi connectivity index (χ1n) is 6.99. The first kappa shape index (κ1) is 16.1. The molecule has 108 valence electrons. The molecular weight excluding hydrogens is 238 g/mol. The second kappa shape index (κ2) is 7.56. The number of methoxy groups -OCH3 is 1. The second-order valence-corrected chi connectivity index (χ2v) is 5.59. The molecule has 0 saturated carbocycles. The lowest BCUT2D eigenvalue weighted by Gasteiger charge is -2.17. The van der Waals surface area contributed by atoms with Crippen molar-refractivity contribution in [3.63, 3.8) is 0 Å². The third-order valence-electron chi connectivity index (χ3n) is 3.17. The second-order valence-electron chi connectivity index (χ2n) is 5.59. The summed E-state index contributed by atoms with van der Waals surface area (Å²) in [6.45, 7) is 12.2. The van der Waals surface area contributed by atoms with Crippen LogP contribution >= 0.6 is 0 Å². The summed E-state index contributed by atoms with van der Waals surface area (Å²) in [5.41, 5.74) is 3.44. The molecule has 4 nitrogen and oxygen atoms in total. The van der Waals surface area contributed by atoms with Crippen molar-refractivity contribution in [2.45, 2.75) is 53.7 Å². The van der Waals surface area contributed by atoms with E-state index in [4.69, 9.17) is 4.74 Å². The summed E-state index contributed by atoms with van der Waals surface area (Å²) in [6.07, 6.45) is 1.02. The highest BCUT2D eigenvalue weighted by Gasteiger charge is 2.12. The standard InChI is InChI=1S/C15H27N3O/c1-10(2)16-8-11(3)7-14-12(4)17-15(9-19-6)18-13(14)5/h10-11,16H,7-9H2,1-6H3. The number of rotatable bonds is 7. The van der Waals surface area contributed by atoms with Crippen molar-refractivity contribution in [1.29, 1.82) is 0 Å². The molecule has 0 aromatic carbocycles. The van der Waals surface area contributed by atoms with E-state index in [1.54, 1.807) is 7.11 Å². The smallest absolute Gasteiger partial charge is 0.154 e. The van der Waals surface area contributed by atoms with Gasteiger partial charge >= 0.3 is 0 Å². The zero-order valence-corrected chi connectivity index (χ0v) is 13.1. The molecule has 1 N–H and O–H groups in total. The highest BCUT2D eigenvalue weighted by Crippen LogP contribution is 2.15. The summed E-state index contributed by atoms with van der Waals surface area (Å²) in [4.78, 5) is 9.03. The molecular formula is C15H27N3O. The van der Waals surface area contributed by atoms with E-state index in [0.717, 1.165) is 30.2 Å². The highest BCUT2D eigenvalue weighted by atomic mass is 16.5. The molecule has 1 heterocycles. The molecule has 0 spiro atoms. The summed E-state index contributed by atoms with van der Waals surface area (Å²) in [5, 5.41) is 3.48. The maximum Gasteiger partial charge on any atom is 0.154 e. The van der Waals surface area contributed by atoms with E-state index in [-0.39, 0.29) is 0 Å². The largest absolute Gasteiger partial charge is 0.377 e. The normalized spacial score (nSPS) is 13.0. The van der Waals surface area contributed by atoms with Crippen LogP contribution in [0.25, 0.3) is 0 Å². The van der Waals surface area contributed by atoms with Crippen LogP contribution in [0.15, 0.2) is 0 Å². The van der Waals surface area contributed by atoms with Gasteiger partial charge in [0, 0.05) is 24.5 Å². The van der Waals surface area contributed by atoms with E-state index in [0.29, 0.717) is 18.6 Å². The SMILES string of the molecule is COCc1nc(C)c(CC(C)CNC(C)C)c(C)n1. The lowest BCUT2D eigenvalue weighted by Crippen LogP contribution is -2.29. The molecule has 0 bridgehead atoms. The Morgan fingerprint density at radius 1 is 1.11 bits per heavy atom. The van der Waals surface area contributed by atoms with Gasteiger partial charge in [-0.05, 0) is 38.3 Å². The fourth-order valence-corrected chi connectivity index (χ4v) is 2.16. The third kappa shape index (κ3) is 5.25. The minimum Gasteiger partial charge on any atom is -0.377 e. The predicted octanol–water partition coefficient (Wildman–Crippen LogP) is 2.42. The summed E-state index contributed by atoms with van der Waals surface area (Å²) in [6, 6.07) is 0.532. The maximum absolute atomic E-state index is 5.09. The van der Waals surface area contributed by atoms with E-state index < -0.39 is 0 Å². The molecule has 0 amide bonds. The van der Waals surface area contributed by atoms with E-state index in [9.17, 15) is 0 Å². The molecule has 1 atom stereocenters. The topological polar surface area (TPSA) is 47.0 Å². The van der Waals surface area contributed by atoms with Crippen LogP contribution in [0.4, 0.5) is 0 Å². The number of hydrogen-bond acceptors (Lipinski definition) is 4. The minimum atomic E-state index is 0.479. The number of ether oxygens (including phenoxy) is 1. The van der Waals surface area contributed by atoms with Gasteiger partial charge in [-0.3, -0.25) is 0 Å². The lowest BCUT2D eigenvalue weighted by atomic mass is 9.98. The Kier molecular flexibility index (Phi) is 6.38. The van der Waals surface area contributed by atoms with E-state index >= 15 is 0 Å². The van der Waals surface area contributed by atoms with Gasteiger partial charge in [-0.2, -0.15) is 0 Å². The zero-order chi connectivity index (χ0) is 14.4. The monoisotopic (exact) mass is 265 g/mol. The van der Waals surface area contributed by atoms with E-state index in [1.807, 2.05) is 0 Å². The van der Waals surface area contributed by atoms with Crippen LogP contribution in [0.5, 0.6) is 0 Å². The Morgan fingerprint density at radius 2 is 1.68 bits per heavy atom. The number of aryl methyl sites for hydroxylation is 2. The summed E-state index contributed by atoms with van der Waals surface area (Å²) >= 11 is 0. The molecule has 0 aliphatic rings. The molecule has 1 aromatic rings. The summed E-state index contributed by atoms with van der Waals surface area (Å²) in [5.74, 6) is 1.35. The average molecular weight is 265 g/mol. The fourth-order valence-electron chi connectivity index (χ4n) is 2.16. The van der Waals surface area contributed by atoms with Gasteiger partial charge in [-0.15, -0.1) is 0 Å². The van der Waals surface area contributed by atoms with Crippen LogP contribution in [-0.2, 0) is 17.8 Å². The van der Waals surface area contributed by atoms with Gasteiger partial charge in [0.25, 0.3) is 0 Å². The Balaban J connectivity index is 2.72. The van der Waals surface area contributed by atoms with Gasteiger partial charge < -0.3 is 10.1 Å². The molecule has 1 aromatic heterocycles. The Labute approximate surface area is 117 Å². The van der Waals surface area contributed by atoms with Crippen LogP contribution in [0.3, 0.4) is 0 Å². The van der Waals surface area contributed by atoms with Gasteiger partial charge in [0.1, 0.15) is 6.61 Å². The predicted molar refractivity (Wildman–Crippen MR) is 78.2 cm³/mol. The quantitative estimate of drug-likeness (QED) is 0.822. The van der Waals surface area contributed by atoms with Gasteiger partial charge in [-0.25, -0.2) is 9.97 Å². The number of aromatic nitrogens is 2. The Morgan fingerprint density at radius 3 is 2.16 bits per heavy atom. The van der Waals surface area contributed by atoms with Crippen LogP contribution in [-0.4, -0.2) is 29.7 Å². The van der Waals surface area contributed by atoms with Gasteiger partial charge in [-0.1, -0.05) is 20.8 Å². The molecule has 1 unspecified atom stereocenters. The van der Waals surface area contributed by atoms with Crippen molar-refractivity contribution in [3.8, 4) is 0 Å². The Hall–Kier alpha value is -1.00. The number of nitrogens with one attached hydrogen (secondary N) is 1. The third-order valence-corrected chi connectivity index (χ3v) is 3.17. The van der Waals surface area contributed by atoms with Crippen LogP contribution < -0.4 is 5.32 Å². The maximum atomic E-state index is 5.09. The van der Waals surface area contributed by atoms with Crippen molar-refractivity contribution in [2.24, 2.45) is 5.92 Å². The van der Waals surface area contributed by atoms with Crippen LogP contribution in [0.2, 0.25) is 0 Å². The minimum absolute atomic E-state index is 0.479. The molecule has 0 saturated heterocycles. The first-order valence-corrected chi connectivity index (χ1v) is 6.99. The zero-order valence-electron chi connectivity index (χ0n) is 13.1. The van der Waals surface area contributed by atoms with Crippen molar-refractivity contribution in [2.75, 3.05) is 13.7 Å². The van der Waals surface area contributed by atoms with Crippen molar-refractivity contribution >= 4 is 0 Å². The highest BCUT2D eigenvalue weighted by molar-refractivity contribution is 5.24. The van der Waals surface area contributed by atoms with Crippen LogP contribution in [0, 0.1) is 19.8 Å². The molecule has 0 aliphatic carbocycles. The summed E-state index contributed by atoms with van der Waals surface area (Å²) < 4.78 is 5.09. The van der Waals surface area contributed by atoms with Gasteiger partial charge in [0.2, 0.25) is 0 Å². The number of hydrogen-bond donors (Lipinski definition) is 1.